The van der Waals surface area contributed by atoms with Crippen LogP contribution in [-0.2, 0) is 11.8 Å². The maximum absolute atomic E-state index is 10.5. The molecule has 2 aromatic heterocycles. The van der Waals surface area contributed by atoms with Crippen LogP contribution in [-0.4, -0.2) is 16.3 Å². The van der Waals surface area contributed by atoms with Gasteiger partial charge in [0.2, 0.25) is 0 Å². The van der Waals surface area contributed by atoms with Gasteiger partial charge in [0.1, 0.15) is 11.4 Å². The van der Waals surface area contributed by atoms with E-state index in [1.807, 2.05) is 41.4 Å². The van der Waals surface area contributed by atoms with Gasteiger partial charge in [-0.05, 0) is 23.6 Å². The fourth-order valence-corrected chi connectivity index (χ4v) is 2.89. The Morgan fingerprint density at radius 3 is 3.00 bits per heavy atom. The molecule has 0 spiro atoms. The second-order valence-corrected chi connectivity index (χ2v) is 4.73. The van der Waals surface area contributed by atoms with Gasteiger partial charge in [-0.25, -0.2) is 0 Å². The van der Waals surface area contributed by atoms with Gasteiger partial charge in [0.15, 0.2) is 0 Å². The molecule has 0 atom stereocenters. The van der Waals surface area contributed by atoms with Crippen molar-refractivity contribution in [1.29, 1.82) is 0 Å². The molecule has 90 valence electrons. The number of aromatic nitrogens is 2. The van der Waals surface area contributed by atoms with Crippen LogP contribution < -0.4 is 4.74 Å². The molecule has 0 radical (unpaired) electrons. The average Bonchev–Trinajstić information content (AvgIpc) is 2.95. The molecular weight excluding hydrogens is 248 g/mol. The van der Waals surface area contributed by atoms with E-state index in [1.54, 1.807) is 17.4 Å². The van der Waals surface area contributed by atoms with Crippen molar-refractivity contribution in [3.63, 3.8) is 0 Å². The number of carbonyl (C=O) groups is 1. The number of para-hydroxylation sites is 1. The lowest BCUT2D eigenvalue weighted by Gasteiger charge is -2.03. The van der Waals surface area contributed by atoms with Crippen molar-refractivity contribution < 1.29 is 9.53 Å². The summed E-state index contributed by atoms with van der Waals surface area (Å²) in [6.45, 7) is 0.438. The average molecular weight is 258 g/mol. The first-order valence-electron chi connectivity index (χ1n) is 5.41. The SMILES string of the molecule is Cn1nc(-c2ccccc2OC=O)c2sccc21. The van der Waals surface area contributed by atoms with Crippen molar-refractivity contribution in [3.05, 3.63) is 35.7 Å². The standard InChI is InChI=1S/C13H10N2O2S/c1-15-10-6-7-18-13(10)12(14-15)9-4-2-3-5-11(9)17-8-16/h2-8H,1H3. The number of ether oxygens (including phenoxy) is 1. The summed E-state index contributed by atoms with van der Waals surface area (Å²) in [5.41, 5.74) is 2.76. The second-order valence-electron chi connectivity index (χ2n) is 3.82. The summed E-state index contributed by atoms with van der Waals surface area (Å²) in [7, 11) is 1.90. The zero-order valence-corrected chi connectivity index (χ0v) is 10.5. The highest BCUT2D eigenvalue weighted by atomic mass is 32.1. The van der Waals surface area contributed by atoms with Gasteiger partial charge in [0, 0.05) is 12.6 Å². The third-order valence-corrected chi connectivity index (χ3v) is 3.69. The van der Waals surface area contributed by atoms with Crippen molar-refractivity contribution in [2.75, 3.05) is 0 Å². The lowest BCUT2D eigenvalue weighted by molar-refractivity contribution is -0.120. The predicted octanol–water partition coefficient (Wildman–Crippen LogP) is 2.84. The molecule has 0 aliphatic heterocycles. The molecule has 0 bridgehead atoms. The highest BCUT2D eigenvalue weighted by Crippen LogP contribution is 2.36. The summed E-state index contributed by atoms with van der Waals surface area (Å²) < 4.78 is 7.93. The Morgan fingerprint density at radius 1 is 1.33 bits per heavy atom. The summed E-state index contributed by atoms with van der Waals surface area (Å²) in [5.74, 6) is 0.529. The molecule has 0 saturated carbocycles. The van der Waals surface area contributed by atoms with Crippen LogP contribution in [0.15, 0.2) is 35.7 Å². The van der Waals surface area contributed by atoms with E-state index in [0.717, 1.165) is 21.5 Å². The molecule has 3 aromatic rings. The van der Waals surface area contributed by atoms with Gasteiger partial charge in [-0.1, -0.05) is 12.1 Å². The minimum absolute atomic E-state index is 0.438. The van der Waals surface area contributed by atoms with E-state index in [2.05, 4.69) is 5.10 Å². The Labute approximate surface area is 107 Å². The lowest BCUT2D eigenvalue weighted by atomic mass is 10.1. The van der Waals surface area contributed by atoms with E-state index < -0.39 is 0 Å². The number of rotatable bonds is 3. The molecule has 0 N–H and O–H groups in total. The molecule has 0 unspecified atom stereocenters. The zero-order valence-electron chi connectivity index (χ0n) is 9.66. The van der Waals surface area contributed by atoms with Crippen molar-refractivity contribution in [2.24, 2.45) is 7.05 Å². The van der Waals surface area contributed by atoms with Crippen molar-refractivity contribution in [2.45, 2.75) is 0 Å². The van der Waals surface area contributed by atoms with Crippen LogP contribution in [0, 0.1) is 0 Å². The van der Waals surface area contributed by atoms with E-state index >= 15 is 0 Å². The minimum atomic E-state index is 0.438. The Kier molecular flexibility index (Phi) is 2.60. The molecule has 18 heavy (non-hydrogen) atoms. The van der Waals surface area contributed by atoms with Crippen LogP contribution in [0.5, 0.6) is 5.75 Å². The summed E-state index contributed by atoms with van der Waals surface area (Å²) in [6.07, 6.45) is 0. The first kappa shape index (κ1) is 11.0. The third-order valence-electron chi connectivity index (χ3n) is 2.78. The topological polar surface area (TPSA) is 44.1 Å². The smallest absolute Gasteiger partial charge is 0.298 e. The Balaban J connectivity index is 2.25. The van der Waals surface area contributed by atoms with E-state index in [9.17, 15) is 4.79 Å². The maximum atomic E-state index is 10.5. The van der Waals surface area contributed by atoms with Gasteiger partial charge >= 0.3 is 0 Å². The first-order valence-corrected chi connectivity index (χ1v) is 6.29. The Bertz CT molecular complexity index is 715. The van der Waals surface area contributed by atoms with Crippen molar-refractivity contribution in [3.8, 4) is 17.0 Å². The van der Waals surface area contributed by atoms with Crippen LogP contribution >= 0.6 is 11.3 Å². The van der Waals surface area contributed by atoms with Gasteiger partial charge < -0.3 is 4.74 Å². The van der Waals surface area contributed by atoms with Crippen LogP contribution in [0.25, 0.3) is 21.5 Å². The number of nitrogens with zero attached hydrogens (tertiary/aromatic N) is 2. The van der Waals surface area contributed by atoms with Crippen LogP contribution in [0.2, 0.25) is 0 Å². The molecular formula is C13H10N2O2S. The minimum Gasteiger partial charge on any atom is -0.428 e. The molecule has 0 aliphatic carbocycles. The number of hydrogen-bond donors (Lipinski definition) is 0. The monoisotopic (exact) mass is 258 g/mol. The zero-order chi connectivity index (χ0) is 12.5. The molecule has 0 fully saturated rings. The number of hydrogen-bond acceptors (Lipinski definition) is 4. The molecule has 5 heteroatoms. The predicted molar refractivity (Wildman–Crippen MR) is 70.7 cm³/mol. The molecule has 0 amide bonds. The Morgan fingerprint density at radius 2 is 2.17 bits per heavy atom. The normalized spacial score (nSPS) is 10.7. The highest BCUT2D eigenvalue weighted by molar-refractivity contribution is 7.17. The van der Waals surface area contributed by atoms with E-state index in [0.29, 0.717) is 12.2 Å². The van der Waals surface area contributed by atoms with Gasteiger partial charge in [-0.3, -0.25) is 9.48 Å². The summed E-state index contributed by atoms with van der Waals surface area (Å²) in [4.78, 5) is 10.5. The molecule has 4 nitrogen and oxygen atoms in total. The van der Waals surface area contributed by atoms with Gasteiger partial charge in [-0.15, -0.1) is 11.3 Å². The van der Waals surface area contributed by atoms with Crippen molar-refractivity contribution >= 4 is 28.0 Å². The Hall–Kier alpha value is -2.14. The summed E-state index contributed by atoms with van der Waals surface area (Å²) >= 11 is 1.63. The molecule has 3 rings (SSSR count). The molecule has 0 aliphatic rings. The number of fused-ring (bicyclic) bond motifs is 1. The van der Waals surface area contributed by atoms with Crippen LogP contribution in [0.3, 0.4) is 0 Å². The van der Waals surface area contributed by atoms with Crippen molar-refractivity contribution in [1.82, 2.24) is 9.78 Å². The van der Waals surface area contributed by atoms with Gasteiger partial charge in [0.05, 0.1) is 10.2 Å². The number of benzene rings is 1. The number of thiophene rings is 1. The lowest BCUT2D eigenvalue weighted by Crippen LogP contribution is -1.93. The van der Waals surface area contributed by atoms with Gasteiger partial charge in [-0.2, -0.15) is 5.10 Å². The maximum Gasteiger partial charge on any atom is 0.298 e. The highest BCUT2D eigenvalue weighted by Gasteiger charge is 2.15. The molecule has 0 saturated heterocycles. The summed E-state index contributed by atoms with van der Waals surface area (Å²) in [6, 6.07) is 9.43. The fraction of sp³-hybridized carbons (Fsp3) is 0.0769. The van der Waals surface area contributed by atoms with E-state index in [-0.39, 0.29) is 0 Å². The third kappa shape index (κ3) is 1.60. The number of carbonyl (C=O) groups excluding carboxylic acids is 1. The fourth-order valence-electron chi connectivity index (χ4n) is 1.98. The second kappa shape index (κ2) is 4.27. The van der Waals surface area contributed by atoms with Crippen LogP contribution in [0.1, 0.15) is 0 Å². The largest absolute Gasteiger partial charge is 0.428 e. The summed E-state index contributed by atoms with van der Waals surface area (Å²) in [5, 5.41) is 6.52. The quantitative estimate of drug-likeness (QED) is 0.678. The molecule has 2 heterocycles. The number of aryl methyl sites for hydroxylation is 1. The molecule has 1 aromatic carbocycles. The van der Waals surface area contributed by atoms with Crippen LogP contribution in [0.4, 0.5) is 0 Å². The van der Waals surface area contributed by atoms with Gasteiger partial charge in [0.25, 0.3) is 6.47 Å². The van der Waals surface area contributed by atoms with E-state index in [1.165, 1.54) is 0 Å². The van der Waals surface area contributed by atoms with E-state index in [4.69, 9.17) is 4.74 Å². The first-order chi connectivity index (χ1) is 8.81.